The first-order chi connectivity index (χ1) is 7.07. The molecule has 0 saturated carbocycles. The molecule has 0 aromatic rings. The van der Waals surface area contributed by atoms with E-state index in [1.165, 1.54) is 0 Å². The second-order valence-electron chi connectivity index (χ2n) is 4.24. The van der Waals surface area contributed by atoms with E-state index in [0.29, 0.717) is 30.1 Å². The van der Waals surface area contributed by atoms with Gasteiger partial charge in [0.1, 0.15) is 0 Å². The lowest BCUT2D eigenvalue weighted by atomic mass is 10.1. The number of hydrogen-bond donors (Lipinski definition) is 1. The highest BCUT2D eigenvalue weighted by Crippen LogP contribution is 2.17. The zero-order valence-corrected chi connectivity index (χ0v) is 10.3. The van der Waals surface area contributed by atoms with Crippen molar-refractivity contribution in [1.29, 1.82) is 0 Å². The second-order valence-corrected chi connectivity index (χ2v) is 6.47. The minimum atomic E-state index is -2.73. The average molecular weight is 235 g/mol. The van der Waals surface area contributed by atoms with Crippen molar-refractivity contribution in [3.05, 3.63) is 0 Å². The summed E-state index contributed by atoms with van der Waals surface area (Å²) in [5, 5.41) is 3.36. The molecule has 1 saturated heterocycles. The van der Waals surface area contributed by atoms with Crippen LogP contribution in [0.1, 0.15) is 19.8 Å². The van der Waals surface area contributed by atoms with Gasteiger partial charge >= 0.3 is 0 Å². The third-order valence-corrected chi connectivity index (χ3v) is 4.72. The maximum atomic E-state index is 11.2. The summed E-state index contributed by atoms with van der Waals surface area (Å²) in [4.78, 5) is 0. The van der Waals surface area contributed by atoms with Gasteiger partial charge in [0, 0.05) is 13.2 Å². The first-order valence-electron chi connectivity index (χ1n) is 5.50. The van der Waals surface area contributed by atoms with Gasteiger partial charge in [-0.25, -0.2) is 8.42 Å². The normalized spacial score (nSPS) is 26.7. The molecule has 1 fully saturated rings. The van der Waals surface area contributed by atoms with Gasteiger partial charge in [0.2, 0.25) is 0 Å². The van der Waals surface area contributed by atoms with E-state index in [2.05, 4.69) is 12.2 Å². The molecule has 1 aliphatic heterocycles. The van der Waals surface area contributed by atoms with E-state index in [1.807, 2.05) is 0 Å². The quantitative estimate of drug-likeness (QED) is 0.725. The van der Waals surface area contributed by atoms with Crippen LogP contribution >= 0.6 is 0 Å². The van der Waals surface area contributed by atoms with Crippen molar-refractivity contribution >= 4 is 9.84 Å². The van der Waals surface area contributed by atoms with E-state index in [0.717, 1.165) is 19.4 Å². The fraction of sp³-hybridized carbons (Fsp3) is 1.00. The van der Waals surface area contributed by atoms with Crippen molar-refractivity contribution in [2.75, 3.05) is 31.8 Å². The topological polar surface area (TPSA) is 55.4 Å². The van der Waals surface area contributed by atoms with Gasteiger partial charge in [-0.05, 0) is 25.3 Å². The molecule has 0 spiro atoms. The molecule has 1 N–H and O–H groups in total. The van der Waals surface area contributed by atoms with Gasteiger partial charge in [-0.15, -0.1) is 0 Å². The molecule has 4 nitrogen and oxygen atoms in total. The van der Waals surface area contributed by atoms with Gasteiger partial charge in [0.05, 0.1) is 18.1 Å². The van der Waals surface area contributed by atoms with Gasteiger partial charge < -0.3 is 10.1 Å². The van der Waals surface area contributed by atoms with Gasteiger partial charge in [0.15, 0.2) is 9.84 Å². The van der Waals surface area contributed by atoms with Crippen LogP contribution in [0.2, 0.25) is 0 Å². The lowest BCUT2D eigenvalue weighted by molar-refractivity contribution is 0.162. The molecule has 0 amide bonds. The molecule has 15 heavy (non-hydrogen) atoms. The molecule has 1 heterocycles. The summed E-state index contributed by atoms with van der Waals surface area (Å²) >= 11 is 0. The van der Waals surface area contributed by atoms with Crippen LogP contribution in [0, 0.1) is 5.92 Å². The van der Waals surface area contributed by atoms with Crippen LogP contribution in [0.5, 0.6) is 0 Å². The molecule has 0 aromatic carbocycles. The Morgan fingerprint density at radius 2 is 2.27 bits per heavy atom. The first-order valence-corrected chi connectivity index (χ1v) is 7.32. The van der Waals surface area contributed by atoms with E-state index in [-0.39, 0.29) is 0 Å². The van der Waals surface area contributed by atoms with Crippen molar-refractivity contribution in [2.45, 2.75) is 25.8 Å². The lowest BCUT2D eigenvalue weighted by Crippen LogP contribution is -2.36. The highest BCUT2D eigenvalue weighted by molar-refractivity contribution is 7.91. The van der Waals surface area contributed by atoms with Crippen LogP contribution in [0.15, 0.2) is 0 Å². The van der Waals surface area contributed by atoms with E-state index < -0.39 is 9.84 Å². The summed E-state index contributed by atoms with van der Waals surface area (Å²) in [7, 11) is -1.05. The number of nitrogens with one attached hydrogen (secondary N) is 1. The molecule has 5 heteroatoms. The van der Waals surface area contributed by atoms with Crippen molar-refractivity contribution in [1.82, 2.24) is 5.32 Å². The molecule has 2 atom stereocenters. The SMILES string of the molecule is CCC(COC)NCC1CCS(=O)(=O)C1. The fourth-order valence-electron chi connectivity index (χ4n) is 1.89. The molecule has 0 radical (unpaired) electrons. The third kappa shape index (κ3) is 4.49. The number of sulfone groups is 1. The monoisotopic (exact) mass is 235 g/mol. The Morgan fingerprint density at radius 1 is 1.53 bits per heavy atom. The Kier molecular flexibility index (Phi) is 5.02. The van der Waals surface area contributed by atoms with Crippen molar-refractivity contribution in [2.24, 2.45) is 5.92 Å². The Hall–Kier alpha value is -0.130. The summed E-state index contributed by atoms with van der Waals surface area (Å²) in [6, 6.07) is 0.346. The zero-order chi connectivity index (χ0) is 11.3. The predicted molar refractivity (Wildman–Crippen MR) is 60.7 cm³/mol. The molecule has 90 valence electrons. The van der Waals surface area contributed by atoms with Crippen molar-refractivity contribution in [3.63, 3.8) is 0 Å². The van der Waals surface area contributed by atoms with E-state index >= 15 is 0 Å². The van der Waals surface area contributed by atoms with Gasteiger partial charge in [-0.1, -0.05) is 6.92 Å². The van der Waals surface area contributed by atoms with E-state index in [9.17, 15) is 8.42 Å². The maximum absolute atomic E-state index is 11.2. The van der Waals surface area contributed by atoms with Crippen molar-refractivity contribution in [3.8, 4) is 0 Å². The summed E-state index contributed by atoms with van der Waals surface area (Å²) in [5.74, 6) is 1.00. The molecule has 1 rings (SSSR count). The zero-order valence-electron chi connectivity index (χ0n) is 9.53. The summed E-state index contributed by atoms with van der Waals surface area (Å²) in [6.07, 6.45) is 1.81. The molecule has 0 aromatic heterocycles. The second kappa shape index (κ2) is 5.82. The molecule has 0 bridgehead atoms. The Balaban J connectivity index is 2.25. The Labute approximate surface area is 92.3 Å². The Bertz CT molecular complexity index is 276. The van der Waals surface area contributed by atoms with Gasteiger partial charge in [-0.2, -0.15) is 0 Å². The number of hydrogen-bond acceptors (Lipinski definition) is 4. The Morgan fingerprint density at radius 3 is 2.73 bits per heavy atom. The summed E-state index contributed by atoms with van der Waals surface area (Å²) < 4.78 is 27.5. The average Bonchev–Trinajstić information content (AvgIpc) is 2.53. The van der Waals surface area contributed by atoms with Gasteiger partial charge in [0.25, 0.3) is 0 Å². The fourth-order valence-corrected chi connectivity index (χ4v) is 3.75. The van der Waals surface area contributed by atoms with Crippen LogP contribution in [-0.4, -0.2) is 46.2 Å². The summed E-state index contributed by atoms with van der Waals surface area (Å²) in [6.45, 7) is 3.58. The van der Waals surface area contributed by atoms with E-state index in [1.54, 1.807) is 7.11 Å². The molecule has 0 aliphatic carbocycles. The molecular formula is C10H21NO3S. The third-order valence-electron chi connectivity index (χ3n) is 2.88. The summed E-state index contributed by atoms with van der Waals surface area (Å²) in [5.41, 5.74) is 0. The molecular weight excluding hydrogens is 214 g/mol. The highest BCUT2D eigenvalue weighted by atomic mass is 32.2. The number of ether oxygens (including phenoxy) is 1. The van der Waals surface area contributed by atoms with Gasteiger partial charge in [-0.3, -0.25) is 0 Å². The number of methoxy groups -OCH3 is 1. The van der Waals surface area contributed by atoms with Crippen LogP contribution in [0.4, 0.5) is 0 Å². The largest absolute Gasteiger partial charge is 0.383 e. The first kappa shape index (κ1) is 12.9. The number of rotatable bonds is 6. The smallest absolute Gasteiger partial charge is 0.150 e. The molecule has 2 unspecified atom stereocenters. The minimum Gasteiger partial charge on any atom is -0.383 e. The molecule has 1 aliphatic rings. The highest BCUT2D eigenvalue weighted by Gasteiger charge is 2.27. The van der Waals surface area contributed by atoms with Crippen LogP contribution in [0.3, 0.4) is 0 Å². The predicted octanol–water partition coefficient (Wildman–Crippen LogP) is 0.436. The maximum Gasteiger partial charge on any atom is 0.150 e. The lowest BCUT2D eigenvalue weighted by Gasteiger charge is -2.18. The minimum absolute atomic E-state index is 0.293. The van der Waals surface area contributed by atoms with E-state index in [4.69, 9.17) is 4.74 Å². The van der Waals surface area contributed by atoms with Crippen LogP contribution in [-0.2, 0) is 14.6 Å². The van der Waals surface area contributed by atoms with Crippen molar-refractivity contribution < 1.29 is 13.2 Å². The standard InChI is InChI=1S/C10H21NO3S/c1-3-10(7-14-2)11-6-9-4-5-15(12,13)8-9/h9-11H,3-8H2,1-2H3. The van der Waals surface area contributed by atoms with Crippen LogP contribution < -0.4 is 5.32 Å². The van der Waals surface area contributed by atoms with Crippen LogP contribution in [0.25, 0.3) is 0 Å².